The highest BCUT2D eigenvalue weighted by Gasteiger charge is 2.23. The van der Waals surface area contributed by atoms with Gasteiger partial charge in [0.25, 0.3) is 0 Å². The van der Waals surface area contributed by atoms with E-state index in [9.17, 15) is 9.59 Å². The standard InChI is InChI=1S/C21H25NO4/c1-15-9-7-10-16(2)20(15)26-14-8-13-18(23)22-19(21(24)25-3)17-11-5-4-6-12-17/h4-7,9-12,19H,8,13-14H2,1-3H3,(H,22,23). The van der Waals surface area contributed by atoms with Crippen molar-refractivity contribution in [2.24, 2.45) is 0 Å². The monoisotopic (exact) mass is 355 g/mol. The molecule has 26 heavy (non-hydrogen) atoms. The topological polar surface area (TPSA) is 64.6 Å². The molecule has 2 aromatic rings. The number of nitrogens with one attached hydrogen (secondary N) is 1. The second kappa shape index (κ2) is 9.61. The maximum Gasteiger partial charge on any atom is 0.333 e. The molecule has 1 amide bonds. The summed E-state index contributed by atoms with van der Waals surface area (Å²) in [6, 6.07) is 14.2. The van der Waals surface area contributed by atoms with Crippen LogP contribution in [0.5, 0.6) is 5.75 Å². The molecule has 0 aliphatic rings. The van der Waals surface area contributed by atoms with Crippen LogP contribution in [0.2, 0.25) is 0 Å². The summed E-state index contributed by atoms with van der Waals surface area (Å²) in [7, 11) is 1.31. The van der Waals surface area contributed by atoms with Gasteiger partial charge in [0.1, 0.15) is 5.75 Å². The lowest BCUT2D eigenvalue weighted by atomic mass is 10.1. The van der Waals surface area contributed by atoms with Crippen molar-refractivity contribution in [3.05, 3.63) is 65.2 Å². The number of para-hydroxylation sites is 1. The van der Waals surface area contributed by atoms with E-state index in [4.69, 9.17) is 9.47 Å². The first-order valence-corrected chi connectivity index (χ1v) is 8.64. The Morgan fingerprint density at radius 3 is 2.27 bits per heavy atom. The van der Waals surface area contributed by atoms with Crippen molar-refractivity contribution in [1.82, 2.24) is 5.32 Å². The molecule has 0 saturated carbocycles. The lowest BCUT2D eigenvalue weighted by Crippen LogP contribution is -2.34. The Morgan fingerprint density at radius 1 is 1.00 bits per heavy atom. The van der Waals surface area contributed by atoms with Crippen molar-refractivity contribution in [3.63, 3.8) is 0 Å². The molecule has 0 spiro atoms. The minimum atomic E-state index is -0.798. The van der Waals surface area contributed by atoms with Gasteiger partial charge in [0, 0.05) is 6.42 Å². The molecule has 0 aromatic heterocycles. The van der Waals surface area contributed by atoms with Crippen molar-refractivity contribution >= 4 is 11.9 Å². The van der Waals surface area contributed by atoms with Crippen LogP contribution in [0.15, 0.2) is 48.5 Å². The van der Waals surface area contributed by atoms with E-state index < -0.39 is 12.0 Å². The van der Waals surface area contributed by atoms with Gasteiger partial charge in [-0.05, 0) is 37.0 Å². The zero-order chi connectivity index (χ0) is 18.9. The number of hydrogen-bond acceptors (Lipinski definition) is 4. The fourth-order valence-corrected chi connectivity index (χ4v) is 2.71. The van der Waals surface area contributed by atoms with Crippen molar-refractivity contribution < 1.29 is 19.1 Å². The Labute approximate surface area is 154 Å². The van der Waals surface area contributed by atoms with Crippen LogP contribution < -0.4 is 10.1 Å². The lowest BCUT2D eigenvalue weighted by Gasteiger charge is -2.17. The van der Waals surface area contributed by atoms with E-state index in [1.165, 1.54) is 7.11 Å². The number of esters is 1. The van der Waals surface area contributed by atoms with Crippen molar-refractivity contribution in [1.29, 1.82) is 0 Å². The maximum atomic E-state index is 12.2. The zero-order valence-corrected chi connectivity index (χ0v) is 15.5. The molecule has 0 fully saturated rings. The Morgan fingerprint density at radius 2 is 1.65 bits per heavy atom. The first kappa shape index (κ1) is 19.5. The van der Waals surface area contributed by atoms with Crippen LogP contribution >= 0.6 is 0 Å². The van der Waals surface area contributed by atoms with Crippen LogP contribution in [0.25, 0.3) is 0 Å². The summed E-state index contributed by atoms with van der Waals surface area (Å²) in [5.41, 5.74) is 2.84. The van der Waals surface area contributed by atoms with E-state index >= 15 is 0 Å². The molecule has 5 heteroatoms. The molecule has 0 aliphatic heterocycles. The summed E-state index contributed by atoms with van der Waals surface area (Å²) >= 11 is 0. The molecule has 1 atom stereocenters. The summed E-state index contributed by atoms with van der Waals surface area (Å²) in [5, 5.41) is 2.74. The first-order chi connectivity index (χ1) is 12.5. The van der Waals surface area contributed by atoms with Crippen molar-refractivity contribution in [3.8, 4) is 5.75 Å². The fourth-order valence-electron chi connectivity index (χ4n) is 2.71. The Bertz CT molecular complexity index is 723. The Balaban J connectivity index is 1.86. The van der Waals surface area contributed by atoms with Gasteiger partial charge in [0.05, 0.1) is 13.7 Å². The molecule has 0 bridgehead atoms. The Kier molecular flexibility index (Phi) is 7.21. The highest BCUT2D eigenvalue weighted by atomic mass is 16.5. The van der Waals surface area contributed by atoms with Gasteiger partial charge in [-0.15, -0.1) is 0 Å². The molecule has 0 heterocycles. The van der Waals surface area contributed by atoms with E-state index in [-0.39, 0.29) is 12.3 Å². The number of amides is 1. The molecule has 0 aliphatic carbocycles. The third kappa shape index (κ3) is 5.34. The number of methoxy groups -OCH3 is 1. The molecular formula is C21H25NO4. The van der Waals surface area contributed by atoms with Gasteiger partial charge in [0.2, 0.25) is 5.91 Å². The van der Waals surface area contributed by atoms with Gasteiger partial charge in [-0.3, -0.25) is 4.79 Å². The quantitative estimate of drug-likeness (QED) is 0.581. The molecule has 0 saturated heterocycles. The van der Waals surface area contributed by atoms with Gasteiger partial charge >= 0.3 is 5.97 Å². The van der Waals surface area contributed by atoms with E-state index in [1.54, 1.807) is 12.1 Å². The number of carbonyl (C=O) groups is 2. The second-order valence-corrected chi connectivity index (χ2v) is 6.11. The van der Waals surface area contributed by atoms with Gasteiger partial charge in [-0.25, -0.2) is 4.79 Å². The number of hydrogen-bond donors (Lipinski definition) is 1. The number of carbonyl (C=O) groups excluding carboxylic acids is 2. The number of ether oxygens (including phenoxy) is 2. The van der Waals surface area contributed by atoms with Crippen LogP contribution in [-0.2, 0) is 14.3 Å². The first-order valence-electron chi connectivity index (χ1n) is 8.64. The van der Waals surface area contributed by atoms with Crippen LogP contribution in [0.4, 0.5) is 0 Å². The van der Waals surface area contributed by atoms with Gasteiger partial charge < -0.3 is 14.8 Å². The van der Waals surface area contributed by atoms with E-state index in [2.05, 4.69) is 5.32 Å². The summed E-state index contributed by atoms with van der Waals surface area (Å²) in [6.07, 6.45) is 0.827. The predicted molar refractivity (Wildman–Crippen MR) is 100.0 cm³/mol. The summed E-state index contributed by atoms with van der Waals surface area (Å²) < 4.78 is 10.6. The third-order valence-electron chi connectivity index (χ3n) is 4.08. The maximum absolute atomic E-state index is 12.2. The summed E-state index contributed by atoms with van der Waals surface area (Å²) in [5.74, 6) is 0.162. The normalized spacial score (nSPS) is 11.5. The molecule has 0 radical (unpaired) electrons. The molecule has 2 aromatic carbocycles. The Hall–Kier alpha value is -2.82. The highest BCUT2D eigenvalue weighted by molar-refractivity contribution is 5.85. The van der Waals surface area contributed by atoms with Crippen LogP contribution in [0.3, 0.4) is 0 Å². The smallest absolute Gasteiger partial charge is 0.333 e. The molecule has 1 unspecified atom stereocenters. The van der Waals surface area contributed by atoms with Crippen molar-refractivity contribution in [2.45, 2.75) is 32.7 Å². The van der Waals surface area contributed by atoms with E-state index in [1.807, 2.05) is 50.2 Å². The molecule has 2 rings (SSSR count). The molecule has 1 N–H and O–H groups in total. The number of aryl methyl sites for hydroxylation is 2. The summed E-state index contributed by atoms with van der Waals surface area (Å²) in [6.45, 7) is 4.43. The number of benzene rings is 2. The van der Waals surface area contributed by atoms with Crippen LogP contribution in [0, 0.1) is 13.8 Å². The zero-order valence-electron chi connectivity index (χ0n) is 15.5. The average Bonchev–Trinajstić information content (AvgIpc) is 2.65. The molecule has 5 nitrogen and oxygen atoms in total. The summed E-state index contributed by atoms with van der Waals surface area (Å²) in [4.78, 5) is 24.2. The second-order valence-electron chi connectivity index (χ2n) is 6.11. The van der Waals surface area contributed by atoms with Crippen molar-refractivity contribution in [2.75, 3.05) is 13.7 Å². The lowest BCUT2D eigenvalue weighted by molar-refractivity contribution is -0.145. The predicted octanol–water partition coefficient (Wildman–Crippen LogP) is 3.49. The minimum Gasteiger partial charge on any atom is -0.493 e. The van der Waals surface area contributed by atoms with Gasteiger partial charge in [-0.2, -0.15) is 0 Å². The van der Waals surface area contributed by atoms with E-state index in [0.717, 1.165) is 16.9 Å². The van der Waals surface area contributed by atoms with Gasteiger partial charge in [-0.1, -0.05) is 48.5 Å². The van der Waals surface area contributed by atoms with E-state index in [0.29, 0.717) is 18.6 Å². The minimum absolute atomic E-state index is 0.214. The largest absolute Gasteiger partial charge is 0.493 e. The van der Waals surface area contributed by atoms with Crippen LogP contribution in [0.1, 0.15) is 35.6 Å². The van der Waals surface area contributed by atoms with Crippen LogP contribution in [-0.4, -0.2) is 25.6 Å². The number of rotatable bonds is 8. The SMILES string of the molecule is COC(=O)C(NC(=O)CCCOc1c(C)cccc1C)c1ccccc1. The third-order valence-corrected chi connectivity index (χ3v) is 4.08. The van der Waals surface area contributed by atoms with Gasteiger partial charge in [0.15, 0.2) is 6.04 Å². The molecular weight excluding hydrogens is 330 g/mol. The average molecular weight is 355 g/mol. The molecule has 138 valence electrons. The fraction of sp³-hybridized carbons (Fsp3) is 0.333. The highest BCUT2D eigenvalue weighted by Crippen LogP contribution is 2.22.